The van der Waals surface area contributed by atoms with Gasteiger partial charge in [0, 0.05) is 29.9 Å². The molecule has 2 amide bonds. The second-order valence-electron chi connectivity index (χ2n) is 6.24. The maximum Gasteiger partial charge on any atom is 0.251 e. The van der Waals surface area contributed by atoms with Gasteiger partial charge in [0.05, 0.1) is 0 Å². The molecule has 25 heavy (non-hydrogen) atoms. The number of hydrogen-bond donors (Lipinski definition) is 2. The lowest BCUT2D eigenvalue weighted by Gasteiger charge is -2.25. The largest absolute Gasteiger partial charge is 0.349 e. The van der Waals surface area contributed by atoms with Crippen molar-refractivity contribution in [1.29, 1.82) is 0 Å². The third-order valence-electron chi connectivity index (χ3n) is 4.25. The molecule has 0 saturated heterocycles. The van der Waals surface area contributed by atoms with Crippen LogP contribution >= 0.6 is 0 Å². The Morgan fingerprint density at radius 1 is 1.24 bits per heavy atom. The highest BCUT2D eigenvalue weighted by molar-refractivity contribution is 5.94. The number of hydrogen-bond acceptors (Lipinski definition) is 4. The number of rotatable bonds is 5. The van der Waals surface area contributed by atoms with Crippen LogP contribution in [0.2, 0.25) is 0 Å². The van der Waals surface area contributed by atoms with Crippen molar-refractivity contribution >= 4 is 17.8 Å². The molecule has 1 unspecified atom stereocenters. The van der Waals surface area contributed by atoms with Crippen LogP contribution in [0.15, 0.2) is 36.5 Å². The molecule has 3 rings (SSSR count). The van der Waals surface area contributed by atoms with E-state index >= 15 is 0 Å². The molecule has 0 bridgehead atoms. The Labute approximate surface area is 147 Å². The highest BCUT2D eigenvalue weighted by atomic mass is 16.2. The van der Waals surface area contributed by atoms with Crippen molar-refractivity contribution in [2.45, 2.75) is 45.1 Å². The molecular formula is C19H22N4O2. The standard InChI is InChI=1S/C19H22N4O2/c1-2-6-17(24)23-19-20-12-14-11-15(9-10-16(14)22-19)21-18(25)13-7-4-3-5-8-13/h3-5,7-8,12,15H,2,6,9-11H2,1H3,(H,21,25)(H,20,22,23,24). The summed E-state index contributed by atoms with van der Waals surface area (Å²) < 4.78 is 0. The number of anilines is 1. The minimum Gasteiger partial charge on any atom is -0.349 e. The molecule has 0 saturated carbocycles. The SMILES string of the molecule is CCCC(=O)Nc1ncc2c(n1)CCC(NC(=O)c1ccccc1)C2. The van der Waals surface area contributed by atoms with Crippen LogP contribution in [0.3, 0.4) is 0 Å². The molecule has 1 aliphatic rings. The molecule has 1 heterocycles. The molecule has 2 aromatic rings. The summed E-state index contributed by atoms with van der Waals surface area (Å²) in [7, 11) is 0. The normalized spacial score (nSPS) is 16.0. The Hall–Kier alpha value is -2.76. The van der Waals surface area contributed by atoms with Crippen LogP contribution in [0.1, 0.15) is 47.8 Å². The van der Waals surface area contributed by atoms with Gasteiger partial charge in [-0.25, -0.2) is 9.97 Å². The van der Waals surface area contributed by atoms with Crippen molar-refractivity contribution in [1.82, 2.24) is 15.3 Å². The smallest absolute Gasteiger partial charge is 0.251 e. The quantitative estimate of drug-likeness (QED) is 0.877. The number of benzene rings is 1. The van der Waals surface area contributed by atoms with Crippen molar-refractivity contribution in [3.8, 4) is 0 Å². The van der Waals surface area contributed by atoms with Crippen LogP contribution in [-0.2, 0) is 17.6 Å². The average molecular weight is 338 g/mol. The molecule has 130 valence electrons. The summed E-state index contributed by atoms with van der Waals surface area (Å²) in [6.07, 6.45) is 5.30. The summed E-state index contributed by atoms with van der Waals surface area (Å²) in [6.45, 7) is 1.96. The highest BCUT2D eigenvalue weighted by Crippen LogP contribution is 2.20. The summed E-state index contributed by atoms with van der Waals surface area (Å²) in [5.41, 5.74) is 2.64. The predicted octanol–water partition coefficient (Wildman–Crippen LogP) is 2.50. The van der Waals surface area contributed by atoms with Gasteiger partial charge in [-0.05, 0) is 43.4 Å². The van der Waals surface area contributed by atoms with Crippen LogP contribution in [0, 0.1) is 0 Å². The minimum absolute atomic E-state index is 0.0570. The Balaban J connectivity index is 1.62. The van der Waals surface area contributed by atoms with E-state index < -0.39 is 0 Å². The summed E-state index contributed by atoms with van der Waals surface area (Å²) in [5, 5.41) is 5.80. The molecule has 0 radical (unpaired) electrons. The molecule has 0 spiro atoms. The van der Waals surface area contributed by atoms with Crippen molar-refractivity contribution in [2.24, 2.45) is 0 Å². The maximum atomic E-state index is 12.3. The molecule has 0 aliphatic heterocycles. The van der Waals surface area contributed by atoms with E-state index in [0.29, 0.717) is 24.4 Å². The number of carbonyl (C=O) groups is 2. The molecule has 1 aliphatic carbocycles. The van der Waals surface area contributed by atoms with Crippen molar-refractivity contribution < 1.29 is 9.59 Å². The number of amides is 2. The van der Waals surface area contributed by atoms with E-state index in [1.54, 1.807) is 18.3 Å². The van der Waals surface area contributed by atoms with Gasteiger partial charge in [0.1, 0.15) is 0 Å². The van der Waals surface area contributed by atoms with E-state index in [2.05, 4.69) is 20.6 Å². The van der Waals surface area contributed by atoms with Crippen LogP contribution < -0.4 is 10.6 Å². The zero-order valence-electron chi connectivity index (χ0n) is 14.3. The first kappa shape index (κ1) is 17.1. The van der Waals surface area contributed by atoms with E-state index in [1.165, 1.54) is 0 Å². The Morgan fingerprint density at radius 2 is 2.04 bits per heavy atom. The molecule has 1 aromatic heterocycles. The zero-order chi connectivity index (χ0) is 17.6. The first-order valence-electron chi connectivity index (χ1n) is 8.66. The van der Waals surface area contributed by atoms with Gasteiger partial charge in [-0.1, -0.05) is 25.1 Å². The van der Waals surface area contributed by atoms with Crippen LogP contribution in [0.4, 0.5) is 5.95 Å². The van der Waals surface area contributed by atoms with E-state index in [9.17, 15) is 9.59 Å². The van der Waals surface area contributed by atoms with E-state index in [1.807, 2.05) is 25.1 Å². The van der Waals surface area contributed by atoms with Gasteiger partial charge in [0.2, 0.25) is 11.9 Å². The van der Waals surface area contributed by atoms with Crippen molar-refractivity contribution in [3.05, 3.63) is 53.3 Å². The lowest BCUT2D eigenvalue weighted by atomic mass is 9.92. The summed E-state index contributed by atoms with van der Waals surface area (Å²) >= 11 is 0. The number of carbonyl (C=O) groups excluding carboxylic acids is 2. The van der Waals surface area contributed by atoms with Gasteiger partial charge in [-0.15, -0.1) is 0 Å². The first-order chi connectivity index (χ1) is 12.2. The molecule has 6 heteroatoms. The first-order valence-corrected chi connectivity index (χ1v) is 8.66. The minimum atomic E-state index is -0.0636. The van der Waals surface area contributed by atoms with E-state index in [4.69, 9.17) is 0 Å². The van der Waals surface area contributed by atoms with Gasteiger partial charge >= 0.3 is 0 Å². The van der Waals surface area contributed by atoms with Gasteiger partial charge < -0.3 is 5.32 Å². The summed E-state index contributed by atoms with van der Waals surface area (Å²) in [4.78, 5) is 32.6. The topological polar surface area (TPSA) is 84.0 Å². The fraction of sp³-hybridized carbons (Fsp3) is 0.368. The Morgan fingerprint density at radius 3 is 2.80 bits per heavy atom. The van der Waals surface area contributed by atoms with Crippen LogP contribution in [0.25, 0.3) is 0 Å². The van der Waals surface area contributed by atoms with Crippen LogP contribution in [0.5, 0.6) is 0 Å². The fourth-order valence-electron chi connectivity index (χ4n) is 2.96. The summed E-state index contributed by atoms with van der Waals surface area (Å²) in [6, 6.07) is 9.29. The molecule has 2 N–H and O–H groups in total. The lowest BCUT2D eigenvalue weighted by Crippen LogP contribution is -2.39. The third-order valence-corrected chi connectivity index (χ3v) is 4.25. The van der Waals surface area contributed by atoms with Crippen LogP contribution in [-0.4, -0.2) is 27.8 Å². The number of fused-ring (bicyclic) bond motifs is 1. The monoisotopic (exact) mass is 338 g/mol. The Kier molecular flexibility index (Phi) is 5.38. The van der Waals surface area contributed by atoms with Gasteiger partial charge in [0.25, 0.3) is 5.91 Å². The number of nitrogens with one attached hydrogen (secondary N) is 2. The second kappa shape index (κ2) is 7.88. The summed E-state index contributed by atoms with van der Waals surface area (Å²) in [5.74, 6) is 0.244. The maximum absolute atomic E-state index is 12.3. The van der Waals surface area contributed by atoms with Gasteiger partial charge in [-0.3, -0.25) is 14.9 Å². The van der Waals surface area contributed by atoms with Crippen molar-refractivity contribution in [2.75, 3.05) is 5.32 Å². The van der Waals surface area contributed by atoms with Gasteiger partial charge in [0.15, 0.2) is 0 Å². The number of aryl methyl sites for hydroxylation is 1. The second-order valence-corrected chi connectivity index (χ2v) is 6.24. The fourth-order valence-corrected chi connectivity index (χ4v) is 2.96. The molecule has 6 nitrogen and oxygen atoms in total. The third kappa shape index (κ3) is 4.41. The average Bonchev–Trinajstić information content (AvgIpc) is 2.62. The molecule has 1 atom stereocenters. The van der Waals surface area contributed by atoms with Crippen molar-refractivity contribution in [3.63, 3.8) is 0 Å². The predicted molar refractivity (Wildman–Crippen MR) is 95.3 cm³/mol. The molecular weight excluding hydrogens is 316 g/mol. The zero-order valence-corrected chi connectivity index (χ0v) is 14.3. The molecule has 0 fully saturated rings. The molecule has 1 aromatic carbocycles. The van der Waals surface area contributed by atoms with E-state index in [-0.39, 0.29) is 17.9 Å². The Bertz CT molecular complexity index is 761. The lowest BCUT2D eigenvalue weighted by molar-refractivity contribution is -0.116. The van der Waals surface area contributed by atoms with E-state index in [0.717, 1.165) is 30.5 Å². The highest BCUT2D eigenvalue weighted by Gasteiger charge is 2.22. The van der Waals surface area contributed by atoms with Gasteiger partial charge in [-0.2, -0.15) is 0 Å². The number of nitrogens with zero attached hydrogens (tertiary/aromatic N) is 2. The number of aromatic nitrogens is 2.